The number of pyridine rings is 1. The molecule has 3 rings (SSSR count). The summed E-state index contributed by atoms with van der Waals surface area (Å²) in [6, 6.07) is 11.6. The van der Waals surface area contributed by atoms with Gasteiger partial charge in [0.15, 0.2) is 0 Å². The van der Waals surface area contributed by atoms with Crippen LogP contribution in [0.2, 0.25) is 5.15 Å². The molecule has 0 aliphatic carbocycles. The van der Waals surface area contributed by atoms with Crippen molar-refractivity contribution < 1.29 is 4.39 Å². The molecule has 0 fully saturated rings. The number of benzene rings is 1. The van der Waals surface area contributed by atoms with E-state index >= 15 is 0 Å². The lowest BCUT2D eigenvalue weighted by Gasteiger charge is -2.01. The molecule has 0 N–H and O–H groups in total. The summed E-state index contributed by atoms with van der Waals surface area (Å²) in [5.41, 5.74) is 2.46. The predicted octanol–water partition coefficient (Wildman–Crippen LogP) is 3.73. The van der Waals surface area contributed by atoms with E-state index < -0.39 is 0 Å². The van der Waals surface area contributed by atoms with Crippen molar-refractivity contribution in [3.05, 3.63) is 65.8 Å². The number of hydrogen-bond acceptors (Lipinski definition) is 2. The largest absolute Gasteiger partial charge is 0.244 e. The highest BCUT2D eigenvalue weighted by molar-refractivity contribution is 6.29. The first-order valence-electron chi connectivity index (χ1n) is 5.66. The molecule has 0 atom stereocenters. The molecule has 0 saturated heterocycles. The van der Waals surface area contributed by atoms with Gasteiger partial charge in [-0.2, -0.15) is 5.10 Å². The molecular weight excluding hydrogens is 265 g/mol. The fourth-order valence-corrected chi connectivity index (χ4v) is 1.95. The summed E-state index contributed by atoms with van der Waals surface area (Å²) in [6.07, 6.45) is 3.45. The maximum atomic E-state index is 12.9. The summed E-state index contributed by atoms with van der Waals surface area (Å²) < 4.78 is 14.6. The molecular formula is C14H9ClFN3. The molecule has 0 aliphatic heterocycles. The monoisotopic (exact) mass is 273 g/mol. The van der Waals surface area contributed by atoms with Crippen LogP contribution in [0.3, 0.4) is 0 Å². The number of aromatic nitrogens is 3. The zero-order chi connectivity index (χ0) is 13.2. The van der Waals surface area contributed by atoms with Crippen LogP contribution in [0.4, 0.5) is 4.39 Å². The van der Waals surface area contributed by atoms with Crippen molar-refractivity contribution >= 4 is 11.6 Å². The molecule has 0 bridgehead atoms. The van der Waals surface area contributed by atoms with E-state index in [1.807, 2.05) is 18.3 Å². The van der Waals surface area contributed by atoms with Crippen molar-refractivity contribution in [3.63, 3.8) is 0 Å². The minimum atomic E-state index is -0.260. The minimum Gasteiger partial charge on any atom is -0.244 e. The molecule has 0 amide bonds. The van der Waals surface area contributed by atoms with Gasteiger partial charge in [-0.3, -0.25) is 0 Å². The topological polar surface area (TPSA) is 30.7 Å². The van der Waals surface area contributed by atoms with Crippen LogP contribution < -0.4 is 0 Å². The predicted molar refractivity (Wildman–Crippen MR) is 71.8 cm³/mol. The molecule has 19 heavy (non-hydrogen) atoms. The second-order valence-corrected chi connectivity index (χ2v) is 4.38. The lowest BCUT2D eigenvalue weighted by Crippen LogP contribution is -1.95. The van der Waals surface area contributed by atoms with Crippen molar-refractivity contribution in [3.8, 4) is 16.9 Å². The Labute approximate surface area is 114 Å². The normalized spacial score (nSPS) is 10.6. The third-order valence-corrected chi connectivity index (χ3v) is 2.91. The zero-order valence-corrected chi connectivity index (χ0v) is 10.5. The molecule has 1 aromatic carbocycles. The highest BCUT2D eigenvalue weighted by Gasteiger charge is 2.04. The fraction of sp³-hybridized carbons (Fsp3) is 0. The summed E-state index contributed by atoms with van der Waals surface area (Å²) in [5.74, 6) is -0.260. The second kappa shape index (κ2) is 4.82. The maximum absolute atomic E-state index is 12.9. The van der Waals surface area contributed by atoms with Gasteiger partial charge in [-0.05, 0) is 36.4 Å². The van der Waals surface area contributed by atoms with Gasteiger partial charge in [0, 0.05) is 24.0 Å². The lowest BCUT2D eigenvalue weighted by molar-refractivity contribution is 0.628. The number of nitrogens with zero attached hydrogens (tertiary/aromatic N) is 3. The van der Waals surface area contributed by atoms with E-state index in [0.717, 1.165) is 16.9 Å². The Morgan fingerprint density at radius 3 is 2.58 bits per heavy atom. The summed E-state index contributed by atoms with van der Waals surface area (Å²) >= 11 is 5.84. The first kappa shape index (κ1) is 11.9. The molecule has 0 aliphatic rings. The zero-order valence-electron chi connectivity index (χ0n) is 9.79. The first-order valence-corrected chi connectivity index (χ1v) is 6.04. The third-order valence-electron chi connectivity index (χ3n) is 2.70. The molecule has 2 heterocycles. The van der Waals surface area contributed by atoms with E-state index in [1.165, 1.54) is 12.1 Å². The van der Waals surface area contributed by atoms with E-state index in [0.29, 0.717) is 5.15 Å². The van der Waals surface area contributed by atoms with Gasteiger partial charge in [-0.25, -0.2) is 14.1 Å². The highest BCUT2D eigenvalue weighted by atomic mass is 35.5. The van der Waals surface area contributed by atoms with Crippen LogP contribution in [-0.4, -0.2) is 14.8 Å². The van der Waals surface area contributed by atoms with Crippen molar-refractivity contribution in [1.82, 2.24) is 14.8 Å². The summed E-state index contributed by atoms with van der Waals surface area (Å²) in [4.78, 5) is 3.92. The van der Waals surface area contributed by atoms with Crippen LogP contribution in [0.25, 0.3) is 16.9 Å². The van der Waals surface area contributed by atoms with E-state index in [2.05, 4.69) is 10.1 Å². The molecule has 94 valence electrons. The van der Waals surface area contributed by atoms with Crippen LogP contribution in [0.1, 0.15) is 0 Å². The van der Waals surface area contributed by atoms with Gasteiger partial charge in [-0.15, -0.1) is 0 Å². The molecule has 5 heteroatoms. The van der Waals surface area contributed by atoms with Crippen LogP contribution in [0.5, 0.6) is 0 Å². The Hall–Kier alpha value is -2.20. The van der Waals surface area contributed by atoms with Crippen molar-refractivity contribution in [2.24, 2.45) is 0 Å². The van der Waals surface area contributed by atoms with Gasteiger partial charge < -0.3 is 0 Å². The summed E-state index contributed by atoms with van der Waals surface area (Å²) in [6.45, 7) is 0. The molecule has 0 saturated carbocycles. The smallest absolute Gasteiger partial charge is 0.131 e. The van der Waals surface area contributed by atoms with E-state index in [9.17, 15) is 4.39 Å². The van der Waals surface area contributed by atoms with Crippen molar-refractivity contribution in [2.75, 3.05) is 0 Å². The van der Waals surface area contributed by atoms with Crippen LogP contribution in [-0.2, 0) is 0 Å². The standard InChI is InChI=1S/C14H9ClFN3/c15-14-9-12(5-7-17-14)19-8-6-13(18-19)10-1-3-11(16)4-2-10/h1-9H. The summed E-state index contributed by atoms with van der Waals surface area (Å²) in [5, 5.41) is 4.84. The average Bonchev–Trinajstić information content (AvgIpc) is 2.89. The Morgan fingerprint density at radius 2 is 1.84 bits per heavy atom. The lowest BCUT2D eigenvalue weighted by atomic mass is 10.1. The molecule has 3 aromatic rings. The quantitative estimate of drug-likeness (QED) is 0.666. The summed E-state index contributed by atoms with van der Waals surface area (Å²) in [7, 11) is 0. The van der Waals surface area contributed by atoms with Crippen molar-refractivity contribution in [2.45, 2.75) is 0 Å². The number of hydrogen-bond donors (Lipinski definition) is 0. The third kappa shape index (κ3) is 2.48. The van der Waals surface area contributed by atoms with E-state index in [4.69, 9.17) is 11.6 Å². The first-order chi connectivity index (χ1) is 9.22. The van der Waals surface area contributed by atoms with E-state index in [1.54, 1.807) is 29.1 Å². The van der Waals surface area contributed by atoms with E-state index in [-0.39, 0.29) is 5.82 Å². The molecule has 0 unspecified atom stereocenters. The Bertz CT molecular complexity index is 707. The van der Waals surface area contributed by atoms with Gasteiger partial charge in [0.1, 0.15) is 11.0 Å². The minimum absolute atomic E-state index is 0.260. The Morgan fingerprint density at radius 1 is 1.05 bits per heavy atom. The van der Waals surface area contributed by atoms with Gasteiger partial charge in [0.05, 0.1) is 11.4 Å². The fourth-order valence-electron chi connectivity index (χ4n) is 1.78. The van der Waals surface area contributed by atoms with Crippen LogP contribution >= 0.6 is 11.6 Å². The molecule has 0 radical (unpaired) electrons. The molecule has 2 aromatic heterocycles. The number of halogens is 2. The van der Waals surface area contributed by atoms with Crippen LogP contribution in [0, 0.1) is 5.82 Å². The number of rotatable bonds is 2. The second-order valence-electron chi connectivity index (χ2n) is 3.99. The van der Waals surface area contributed by atoms with Gasteiger partial charge in [0.2, 0.25) is 0 Å². The Balaban J connectivity index is 1.97. The SMILES string of the molecule is Fc1ccc(-c2ccn(-c3ccnc(Cl)c3)n2)cc1. The van der Waals surface area contributed by atoms with Crippen LogP contribution in [0.15, 0.2) is 54.9 Å². The highest BCUT2D eigenvalue weighted by Crippen LogP contribution is 2.19. The van der Waals surface area contributed by atoms with Gasteiger partial charge in [-0.1, -0.05) is 11.6 Å². The average molecular weight is 274 g/mol. The molecule has 3 nitrogen and oxygen atoms in total. The maximum Gasteiger partial charge on any atom is 0.131 e. The Kier molecular flexibility index (Phi) is 3.01. The van der Waals surface area contributed by atoms with Gasteiger partial charge in [0.25, 0.3) is 0 Å². The molecule has 0 spiro atoms. The van der Waals surface area contributed by atoms with Gasteiger partial charge >= 0.3 is 0 Å². The van der Waals surface area contributed by atoms with Crippen molar-refractivity contribution in [1.29, 1.82) is 0 Å².